The van der Waals surface area contributed by atoms with Crippen LogP contribution in [0.15, 0.2) is 0 Å². The molecule has 0 aliphatic carbocycles. The van der Waals surface area contributed by atoms with Gasteiger partial charge in [-0.15, -0.1) is 0 Å². The number of ether oxygens (including phenoxy) is 1. The molecule has 0 unspecified atom stereocenters. The summed E-state index contributed by atoms with van der Waals surface area (Å²) in [6.45, 7) is 0.871. The van der Waals surface area contributed by atoms with E-state index in [0.29, 0.717) is 0 Å². The Balaban J connectivity index is 0. The second-order valence-corrected chi connectivity index (χ2v) is 4.68. The van der Waals surface area contributed by atoms with Crippen LogP contribution in [0.4, 0.5) is 0 Å². The van der Waals surface area contributed by atoms with Crippen molar-refractivity contribution in [3.05, 3.63) is 0 Å². The number of aliphatic carboxylic acids is 1. The van der Waals surface area contributed by atoms with Gasteiger partial charge in [-0.25, -0.2) is 0 Å². The van der Waals surface area contributed by atoms with E-state index in [4.69, 9.17) is 14.0 Å². The molecule has 0 aromatic heterocycles. The van der Waals surface area contributed by atoms with Crippen LogP contribution in [0.1, 0.15) is 24.4 Å². The first-order valence-electron chi connectivity index (χ1n) is 6.62. The highest BCUT2D eigenvalue weighted by atomic mass is 35.5. The normalized spacial score (nSPS) is 16.2. The minimum atomic E-state index is -2.30. The molecule has 1 N–H and O–H groups in total. The Morgan fingerprint density at radius 3 is 2.29 bits per heavy atom. The molecule has 0 aromatic carbocycles. The Kier molecular flexibility index (Phi) is 5.58. The van der Waals surface area contributed by atoms with Crippen molar-refractivity contribution in [2.24, 2.45) is 5.92 Å². The molecule has 0 fully saturated rings. The lowest BCUT2D eigenvalue weighted by molar-refractivity contribution is -0.873. The number of carboxylic acid groups (broad SMARTS) is 1. The highest BCUT2D eigenvalue weighted by molar-refractivity contribution is 5.73. The van der Waals surface area contributed by atoms with Crippen molar-refractivity contribution in [1.82, 2.24) is 0 Å². The Bertz CT molecular complexity index is 345. The first-order valence-corrected chi connectivity index (χ1v) is 5.12. The van der Waals surface area contributed by atoms with E-state index in [1.165, 1.54) is 14.1 Å². The molecule has 0 radical (unpaired) electrons. The topological polar surface area (TPSA) is 63.6 Å². The summed E-state index contributed by atoms with van der Waals surface area (Å²) in [4.78, 5) is 22.3. The van der Waals surface area contributed by atoms with Gasteiger partial charge in [0.1, 0.15) is 6.54 Å². The van der Waals surface area contributed by atoms with Crippen molar-refractivity contribution < 1.29 is 40.4 Å². The molecule has 0 heterocycles. The van der Waals surface area contributed by atoms with Gasteiger partial charge < -0.3 is 26.7 Å². The van der Waals surface area contributed by atoms with E-state index in [1.54, 1.807) is 13.8 Å². The lowest BCUT2D eigenvalue weighted by Crippen LogP contribution is -3.00. The molecule has 0 amide bonds. The average molecular weight is 271 g/mol. The molecule has 0 saturated carbocycles. The van der Waals surface area contributed by atoms with Gasteiger partial charge in [-0.05, 0) is 0 Å². The van der Waals surface area contributed by atoms with E-state index >= 15 is 0 Å². The van der Waals surface area contributed by atoms with Crippen LogP contribution in [0.2, 0.25) is 0 Å². The molecule has 5 nitrogen and oxygen atoms in total. The van der Waals surface area contributed by atoms with Crippen molar-refractivity contribution in [3.63, 3.8) is 0 Å². The third-order valence-electron chi connectivity index (χ3n) is 1.82. The molecule has 0 aliphatic rings. The van der Waals surface area contributed by atoms with E-state index in [2.05, 4.69) is 0 Å². The number of hydrogen-bond donors (Lipinski definition) is 1. The van der Waals surface area contributed by atoms with Crippen LogP contribution in [0, 0.1) is 5.92 Å². The van der Waals surface area contributed by atoms with Gasteiger partial charge in [0.25, 0.3) is 0 Å². The molecular formula is C11H22ClNO4. The van der Waals surface area contributed by atoms with E-state index in [0.717, 1.165) is 0 Å². The Labute approximate surface area is 113 Å². The summed E-state index contributed by atoms with van der Waals surface area (Å²) in [5.74, 6) is -2.05. The van der Waals surface area contributed by atoms with Crippen LogP contribution in [0.25, 0.3) is 0 Å². The van der Waals surface area contributed by atoms with Gasteiger partial charge in [-0.1, -0.05) is 13.8 Å². The van der Waals surface area contributed by atoms with E-state index in [1.807, 2.05) is 0 Å². The standard InChI is InChI=1S/C11H21NO4.ClH/c1-8(2)11(15)16-9(6-10(13)14)7-12(3,4)5;/h8-9H,6-7H2,1-5H3;1H/t9-;/m0./s1/i3D3;. The lowest BCUT2D eigenvalue weighted by atomic mass is 10.2. The minimum Gasteiger partial charge on any atom is -1.00 e. The molecule has 0 spiro atoms. The van der Waals surface area contributed by atoms with Gasteiger partial charge in [0, 0.05) is 0 Å². The molecule has 0 aliphatic heterocycles. The smallest absolute Gasteiger partial charge is 0.308 e. The summed E-state index contributed by atoms with van der Waals surface area (Å²) in [6, 6.07) is 0. The zero-order valence-corrected chi connectivity index (χ0v) is 11.3. The fourth-order valence-electron chi connectivity index (χ4n) is 1.15. The molecule has 0 aromatic rings. The molecule has 6 heteroatoms. The van der Waals surface area contributed by atoms with Gasteiger partial charge in [-0.3, -0.25) is 9.59 Å². The van der Waals surface area contributed by atoms with Gasteiger partial charge >= 0.3 is 11.9 Å². The van der Waals surface area contributed by atoms with E-state index in [9.17, 15) is 9.59 Å². The number of hydrogen-bond acceptors (Lipinski definition) is 3. The van der Waals surface area contributed by atoms with Gasteiger partial charge in [0.2, 0.25) is 0 Å². The lowest BCUT2D eigenvalue weighted by Gasteiger charge is -2.28. The number of quaternary nitrogens is 1. The second-order valence-electron chi connectivity index (χ2n) is 4.68. The van der Waals surface area contributed by atoms with Crippen LogP contribution in [0.5, 0.6) is 0 Å². The molecule has 0 bridgehead atoms. The summed E-state index contributed by atoms with van der Waals surface area (Å²) in [5, 5.41) is 8.80. The second kappa shape index (κ2) is 7.50. The monoisotopic (exact) mass is 270 g/mol. The van der Waals surface area contributed by atoms with E-state index < -0.39 is 35.9 Å². The number of esters is 1. The highest BCUT2D eigenvalue weighted by Crippen LogP contribution is 2.08. The molecular weight excluding hydrogens is 246 g/mol. The van der Waals surface area contributed by atoms with Gasteiger partial charge in [0.05, 0.1) is 37.5 Å². The Hall–Kier alpha value is -0.810. The van der Waals surface area contributed by atoms with Gasteiger partial charge in [0.15, 0.2) is 6.10 Å². The number of halogens is 1. The number of carbonyl (C=O) groups is 2. The molecule has 17 heavy (non-hydrogen) atoms. The third-order valence-corrected chi connectivity index (χ3v) is 1.82. The fraction of sp³-hybridized carbons (Fsp3) is 0.818. The predicted molar refractivity (Wildman–Crippen MR) is 59.9 cm³/mol. The van der Waals surface area contributed by atoms with Crippen molar-refractivity contribution in [2.45, 2.75) is 26.4 Å². The van der Waals surface area contributed by atoms with Crippen molar-refractivity contribution >= 4 is 11.9 Å². The van der Waals surface area contributed by atoms with Crippen LogP contribution in [-0.2, 0) is 14.3 Å². The largest absolute Gasteiger partial charge is 1.00 e. The summed E-state index contributed by atoms with van der Waals surface area (Å²) in [5.41, 5.74) is 0. The number of carboxylic acids is 1. The average Bonchev–Trinajstić information content (AvgIpc) is 2.13. The molecule has 0 saturated heterocycles. The maximum absolute atomic E-state index is 11.5. The van der Waals surface area contributed by atoms with Crippen molar-refractivity contribution in [2.75, 3.05) is 27.6 Å². The Morgan fingerprint density at radius 1 is 1.41 bits per heavy atom. The number of nitrogens with zero attached hydrogens (tertiary/aromatic N) is 1. The maximum atomic E-state index is 11.5. The van der Waals surface area contributed by atoms with Crippen LogP contribution >= 0.6 is 0 Å². The number of carbonyl (C=O) groups excluding carboxylic acids is 1. The third kappa shape index (κ3) is 10.1. The quantitative estimate of drug-likeness (QED) is 0.437. The zero-order valence-electron chi connectivity index (χ0n) is 13.6. The molecule has 102 valence electrons. The first-order chi connectivity index (χ1) is 8.36. The van der Waals surface area contributed by atoms with Crippen molar-refractivity contribution in [3.8, 4) is 0 Å². The van der Waals surface area contributed by atoms with Crippen LogP contribution in [-0.4, -0.2) is 55.2 Å². The summed E-state index contributed by atoms with van der Waals surface area (Å²) >= 11 is 0. The van der Waals surface area contributed by atoms with Crippen molar-refractivity contribution in [1.29, 1.82) is 0 Å². The minimum absolute atomic E-state index is 0. The first kappa shape index (κ1) is 12.6. The van der Waals surface area contributed by atoms with Gasteiger partial charge in [-0.2, -0.15) is 0 Å². The molecule has 0 rings (SSSR count). The summed E-state index contributed by atoms with van der Waals surface area (Å²) in [6.07, 6.45) is -1.36. The maximum Gasteiger partial charge on any atom is 0.308 e. The predicted octanol–water partition coefficient (Wildman–Crippen LogP) is -2.26. The fourth-order valence-corrected chi connectivity index (χ4v) is 1.15. The number of likely N-dealkylation sites (N-methyl/N-ethyl adjacent to an activating group) is 1. The Morgan fingerprint density at radius 2 is 1.94 bits per heavy atom. The zero-order chi connectivity index (χ0) is 15.4. The SMILES string of the molecule is [2H]C([2H])([2H])[N+](C)(C)C[C@H](CC(=O)O)OC(=O)C(C)C.[Cl-]. The van der Waals surface area contributed by atoms with Crippen LogP contribution in [0.3, 0.4) is 0 Å². The summed E-state index contributed by atoms with van der Waals surface area (Å²) < 4.78 is 26.8. The highest BCUT2D eigenvalue weighted by Gasteiger charge is 2.25. The van der Waals surface area contributed by atoms with E-state index in [-0.39, 0.29) is 24.9 Å². The summed E-state index contributed by atoms with van der Waals surface area (Å²) in [7, 11) is 2.90. The van der Waals surface area contributed by atoms with Crippen LogP contribution < -0.4 is 12.4 Å². The molecule has 1 atom stereocenters. The number of rotatable bonds is 6.